The Morgan fingerprint density at radius 3 is 2.12 bits per heavy atom. The van der Waals surface area contributed by atoms with E-state index in [0.29, 0.717) is 12.2 Å². The lowest BCUT2D eigenvalue weighted by Gasteiger charge is -2.33. The van der Waals surface area contributed by atoms with Crippen LogP contribution in [0.3, 0.4) is 0 Å². The quantitative estimate of drug-likeness (QED) is 0.320. The molecule has 0 fully saturated rings. The lowest BCUT2D eigenvalue weighted by atomic mass is 10.1. The number of amides is 2. The van der Waals surface area contributed by atoms with Gasteiger partial charge < -0.3 is 19.7 Å². The van der Waals surface area contributed by atoms with Crippen LogP contribution in [0.4, 0.5) is 10.1 Å². The molecule has 0 aliphatic carbocycles. The Morgan fingerprint density at radius 1 is 0.927 bits per heavy atom. The van der Waals surface area contributed by atoms with Crippen molar-refractivity contribution < 1.29 is 31.9 Å². The standard InChI is InChI=1S/C30H36FN3O6S/c1-6-26(30(36)32-21(2)3)33(19-22-10-8-7-9-11-22)29(35)20-34(24-14-12-23(31)13-15-24)41(37,38)25-16-17-27(39-4)28(18-25)40-5/h7-18,21,26H,6,19-20H2,1-5H3,(H,32,36). The number of halogens is 1. The maximum Gasteiger partial charge on any atom is 0.264 e. The predicted octanol–water partition coefficient (Wildman–Crippen LogP) is 4.37. The van der Waals surface area contributed by atoms with Gasteiger partial charge >= 0.3 is 0 Å². The van der Waals surface area contributed by atoms with E-state index in [0.717, 1.165) is 22.0 Å². The molecule has 0 aliphatic rings. The molecule has 220 valence electrons. The Labute approximate surface area is 240 Å². The van der Waals surface area contributed by atoms with Crippen LogP contribution in [0.15, 0.2) is 77.7 Å². The third kappa shape index (κ3) is 7.75. The van der Waals surface area contributed by atoms with Gasteiger partial charge in [0.05, 0.1) is 24.8 Å². The Bertz CT molecular complexity index is 1430. The summed E-state index contributed by atoms with van der Waals surface area (Å²) in [4.78, 5) is 28.4. The van der Waals surface area contributed by atoms with Crippen LogP contribution in [0.25, 0.3) is 0 Å². The fourth-order valence-corrected chi connectivity index (χ4v) is 5.75. The Kier molecular flexibility index (Phi) is 10.7. The molecule has 3 aromatic carbocycles. The Hall–Kier alpha value is -4.12. The topological polar surface area (TPSA) is 105 Å². The first kappa shape index (κ1) is 31.4. The largest absolute Gasteiger partial charge is 0.493 e. The van der Waals surface area contributed by atoms with Crippen LogP contribution in [0, 0.1) is 5.82 Å². The maximum atomic E-state index is 14.0. The minimum atomic E-state index is -4.37. The molecule has 11 heteroatoms. The Morgan fingerprint density at radius 2 is 1.56 bits per heavy atom. The van der Waals surface area contributed by atoms with Gasteiger partial charge in [0.1, 0.15) is 18.4 Å². The number of benzene rings is 3. The van der Waals surface area contributed by atoms with Crippen molar-refractivity contribution in [2.24, 2.45) is 0 Å². The Balaban J connectivity index is 2.08. The molecule has 9 nitrogen and oxygen atoms in total. The zero-order chi connectivity index (χ0) is 30.2. The number of anilines is 1. The second-order valence-electron chi connectivity index (χ2n) is 9.60. The number of ether oxygens (including phenoxy) is 2. The molecule has 0 aliphatic heterocycles. The van der Waals surface area contributed by atoms with E-state index in [-0.39, 0.29) is 34.8 Å². The van der Waals surface area contributed by atoms with Crippen LogP contribution in [-0.2, 0) is 26.2 Å². The smallest absolute Gasteiger partial charge is 0.264 e. The number of sulfonamides is 1. The highest BCUT2D eigenvalue weighted by Crippen LogP contribution is 2.32. The number of hydrogen-bond acceptors (Lipinski definition) is 6. The molecular formula is C30H36FN3O6S. The first-order valence-electron chi connectivity index (χ1n) is 13.2. The van der Waals surface area contributed by atoms with Crippen molar-refractivity contribution in [1.29, 1.82) is 0 Å². The van der Waals surface area contributed by atoms with E-state index in [9.17, 15) is 22.4 Å². The third-order valence-corrected chi connectivity index (χ3v) is 8.12. The molecule has 0 spiro atoms. The fraction of sp³-hybridized carbons (Fsp3) is 0.333. The van der Waals surface area contributed by atoms with Gasteiger partial charge in [-0.25, -0.2) is 12.8 Å². The van der Waals surface area contributed by atoms with Gasteiger partial charge in [-0.1, -0.05) is 37.3 Å². The number of hydrogen-bond donors (Lipinski definition) is 1. The summed E-state index contributed by atoms with van der Waals surface area (Å²) in [5.41, 5.74) is 0.849. The van der Waals surface area contributed by atoms with Crippen LogP contribution in [0.5, 0.6) is 11.5 Å². The van der Waals surface area contributed by atoms with E-state index in [1.807, 2.05) is 44.2 Å². The summed E-state index contributed by atoms with van der Waals surface area (Å²) in [6.45, 7) is 4.87. The number of nitrogens with zero attached hydrogens (tertiary/aromatic N) is 2. The molecule has 0 saturated heterocycles. The zero-order valence-electron chi connectivity index (χ0n) is 23.8. The summed E-state index contributed by atoms with van der Waals surface area (Å²) in [6, 6.07) is 17.0. The van der Waals surface area contributed by atoms with Gasteiger partial charge in [-0.15, -0.1) is 0 Å². The molecular weight excluding hydrogens is 549 g/mol. The zero-order valence-corrected chi connectivity index (χ0v) is 24.7. The predicted molar refractivity (Wildman–Crippen MR) is 155 cm³/mol. The normalized spacial score (nSPS) is 12.0. The van der Waals surface area contributed by atoms with E-state index in [1.165, 1.54) is 49.5 Å². The van der Waals surface area contributed by atoms with Crippen LogP contribution in [0.2, 0.25) is 0 Å². The number of carbonyl (C=O) groups excluding carboxylic acids is 2. The summed E-state index contributed by atoms with van der Waals surface area (Å²) in [5.74, 6) is -1.01. The van der Waals surface area contributed by atoms with Crippen LogP contribution < -0.4 is 19.1 Å². The van der Waals surface area contributed by atoms with Crippen LogP contribution in [-0.4, -0.2) is 58.0 Å². The van der Waals surface area contributed by atoms with Crippen molar-refractivity contribution in [2.45, 2.75) is 50.7 Å². The number of methoxy groups -OCH3 is 2. The molecule has 1 unspecified atom stereocenters. The fourth-order valence-electron chi connectivity index (χ4n) is 4.32. The highest BCUT2D eigenvalue weighted by atomic mass is 32.2. The van der Waals surface area contributed by atoms with E-state index < -0.39 is 34.3 Å². The first-order valence-corrected chi connectivity index (χ1v) is 14.6. The molecule has 0 aromatic heterocycles. The van der Waals surface area contributed by atoms with Gasteiger partial charge in [-0.3, -0.25) is 13.9 Å². The molecule has 3 aromatic rings. The number of carbonyl (C=O) groups is 2. The molecule has 2 amide bonds. The van der Waals surface area contributed by atoms with E-state index in [4.69, 9.17) is 9.47 Å². The van der Waals surface area contributed by atoms with Crippen molar-refractivity contribution in [3.63, 3.8) is 0 Å². The summed E-state index contributed by atoms with van der Waals surface area (Å²) in [5, 5.41) is 2.85. The maximum absolute atomic E-state index is 14.0. The minimum absolute atomic E-state index is 0.0777. The second-order valence-corrected chi connectivity index (χ2v) is 11.5. The molecule has 0 radical (unpaired) electrons. The molecule has 0 saturated carbocycles. The van der Waals surface area contributed by atoms with Crippen molar-refractivity contribution >= 4 is 27.5 Å². The highest BCUT2D eigenvalue weighted by molar-refractivity contribution is 7.92. The summed E-state index contributed by atoms with van der Waals surface area (Å²) in [7, 11) is -1.56. The average Bonchev–Trinajstić information content (AvgIpc) is 2.95. The van der Waals surface area contributed by atoms with Gasteiger partial charge in [0, 0.05) is 18.7 Å². The van der Waals surface area contributed by atoms with Gasteiger partial charge in [0.15, 0.2) is 11.5 Å². The van der Waals surface area contributed by atoms with E-state index in [1.54, 1.807) is 6.92 Å². The molecule has 3 rings (SSSR count). The monoisotopic (exact) mass is 585 g/mol. The third-order valence-electron chi connectivity index (χ3n) is 6.35. The van der Waals surface area contributed by atoms with Gasteiger partial charge in [-0.2, -0.15) is 0 Å². The van der Waals surface area contributed by atoms with Crippen molar-refractivity contribution in [3.8, 4) is 11.5 Å². The lowest BCUT2D eigenvalue weighted by Crippen LogP contribution is -2.53. The van der Waals surface area contributed by atoms with Gasteiger partial charge in [0.25, 0.3) is 10.0 Å². The summed E-state index contributed by atoms with van der Waals surface area (Å²) in [6.07, 6.45) is 0.302. The first-order chi connectivity index (χ1) is 19.5. The van der Waals surface area contributed by atoms with Gasteiger partial charge in [0.2, 0.25) is 11.8 Å². The number of nitrogens with one attached hydrogen (secondary N) is 1. The summed E-state index contributed by atoms with van der Waals surface area (Å²) >= 11 is 0. The molecule has 0 heterocycles. The average molecular weight is 586 g/mol. The van der Waals surface area contributed by atoms with Crippen molar-refractivity contribution in [3.05, 3.63) is 84.2 Å². The molecule has 0 bridgehead atoms. The number of rotatable bonds is 13. The van der Waals surface area contributed by atoms with Crippen LogP contribution >= 0.6 is 0 Å². The molecule has 41 heavy (non-hydrogen) atoms. The summed E-state index contributed by atoms with van der Waals surface area (Å²) < 4.78 is 53.2. The van der Waals surface area contributed by atoms with Crippen LogP contribution in [0.1, 0.15) is 32.8 Å². The van der Waals surface area contributed by atoms with Crippen molar-refractivity contribution in [2.75, 3.05) is 25.1 Å². The van der Waals surface area contributed by atoms with Gasteiger partial charge in [-0.05, 0) is 62.2 Å². The highest BCUT2D eigenvalue weighted by Gasteiger charge is 2.34. The SMILES string of the molecule is CCC(C(=O)NC(C)C)N(Cc1ccccc1)C(=O)CN(c1ccc(F)cc1)S(=O)(=O)c1ccc(OC)c(OC)c1. The lowest BCUT2D eigenvalue weighted by molar-refractivity contribution is -0.140. The second kappa shape index (κ2) is 14.0. The molecule has 1 N–H and O–H groups in total. The van der Waals surface area contributed by atoms with E-state index >= 15 is 0 Å². The minimum Gasteiger partial charge on any atom is -0.493 e. The van der Waals surface area contributed by atoms with E-state index in [2.05, 4.69) is 5.32 Å². The van der Waals surface area contributed by atoms with Crippen molar-refractivity contribution in [1.82, 2.24) is 10.2 Å². The molecule has 1 atom stereocenters.